The van der Waals surface area contributed by atoms with Crippen LogP contribution in [0.4, 0.5) is 0 Å². The first kappa shape index (κ1) is 16.2. The Kier molecular flexibility index (Phi) is 3.86. The van der Waals surface area contributed by atoms with E-state index in [2.05, 4.69) is 25.7 Å². The summed E-state index contributed by atoms with van der Waals surface area (Å²) in [4.78, 5) is 29.5. The smallest absolute Gasteiger partial charge is 0.258 e. The van der Waals surface area contributed by atoms with E-state index in [1.54, 1.807) is 35.5 Å². The lowest BCUT2D eigenvalue weighted by Gasteiger charge is -2.10. The third-order valence-electron chi connectivity index (χ3n) is 4.39. The molecule has 3 aromatic heterocycles. The highest BCUT2D eigenvalue weighted by Gasteiger charge is 2.32. The first-order valence-corrected chi connectivity index (χ1v) is 8.17. The van der Waals surface area contributed by atoms with Crippen molar-refractivity contribution < 1.29 is 14.1 Å². The molecule has 134 valence electrons. The molecule has 4 heterocycles. The van der Waals surface area contributed by atoms with E-state index in [-0.39, 0.29) is 30.7 Å². The number of hydrogen-bond acceptors (Lipinski definition) is 7. The normalized spacial score (nSPS) is 17.2. The van der Waals surface area contributed by atoms with Crippen LogP contribution in [0.15, 0.2) is 22.9 Å². The van der Waals surface area contributed by atoms with Gasteiger partial charge < -0.3 is 14.7 Å². The number of carbonyl (C=O) groups is 2. The van der Waals surface area contributed by atoms with Gasteiger partial charge in [-0.2, -0.15) is 4.98 Å². The molecule has 0 radical (unpaired) electrons. The molecule has 1 aliphatic heterocycles. The molecule has 1 fully saturated rings. The average Bonchev–Trinajstić information content (AvgIpc) is 3.32. The Morgan fingerprint density at radius 2 is 2.27 bits per heavy atom. The number of fused-ring (bicyclic) bond motifs is 1. The monoisotopic (exact) mass is 355 g/mol. The fourth-order valence-electron chi connectivity index (χ4n) is 2.96. The number of aromatic nitrogens is 5. The van der Waals surface area contributed by atoms with Gasteiger partial charge in [-0.05, 0) is 19.1 Å². The fraction of sp³-hybridized carbons (Fsp3) is 0.375. The van der Waals surface area contributed by atoms with Crippen molar-refractivity contribution in [3.8, 4) is 11.5 Å². The van der Waals surface area contributed by atoms with Crippen molar-refractivity contribution in [1.82, 2.24) is 35.0 Å². The largest absolute Gasteiger partial charge is 0.348 e. The summed E-state index contributed by atoms with van der Waals surface area (Å²) in [6.07, 6.45) is 2.04. The number of rotatable bonds is 4. The third kappa shape index (κ3) is 2.89. The summed E-state index contributed by atoms with van der Waals surface area (Å²) in [6.45, 7) is 2.42. The van der Waals surface area contributed by atoms with Gasteiger partial charge in [0.05, 0.1) is 12.5 Å². The molecule has 26 heavy (non-hydrogen) atoms. The molecule has 4 rings (SSSR count). The zero-order chi connectivity index (χ0) is 18.3. The van der Waals surface area contributed by atoms with Crippen LogP contribution < -0.4 is 5.32 Å². The second kappa shape index (κ2) is 6.21. The van der Waals surface area contributed by atoms with E-state index >= 15 is 0 Å². The predicted molar refractivity (Wildman–Crippen MR) is 88.6 cm³/mol. The maximum atomic E-state index is 12.2. The molecule has 10 nitrogen and oxygen atoms in total. The summed E-state index contributed by atoms with van der Waals surface area (Å²) < 4.78 is 6.93. The standard InChI is InChI=1S/C16H17N7O3/c1-9-18-16(26-21-9)10-3-4-23-12(5-10)19-20-13(23)7-17-15(25)11-6-14(24)22(2)8-11/h3-5,11H,6-8H2,1-2H3,(H,17,25)/t11-/m1/s1. The average molecular weight is 355 g/mol. The molecule has 1 saturated heterocycles. The van der Waals surface area contributed by atoms with E-state index in [0.717, 1.165) is 5.56 Å². The van der Waals surface area contributed by atoms with Gasteiger partial charge in [-0.3, -0.25) is 14.0 Å². The SMILES string of the molecule is Cc1noc(-c2ccn3c(CNC(=O)[C@@H]4CC(=O)N(C)C4)nnc3c2)n1. The summed E-state index contributed by atoms with van der Waals surface area (Å²) in [5, 5.41) is 14.8. The molecule has 0 unspecified atom stereocenters. The van der Waals surface area contributed by atoms with E-state index in [1.165, 1.54) is 0 Å². The molecule has 1 atom stereocenters. The van der Waals surface area contributed by atoms with Crippen LogP contribution in [0.1, 0.15) is 18.1 Å². The van der Waals surface area contributed by atoms with E-state index in [0.29, 0.717) is 29.7 Å². The highest BCUT2D eigenvalue weighted by atomic mass is 16.5. The Hall–Kier alpha value is -3.30. The molecular weight excluding hydrogens is 338 g/mol. The Morgan fingerprint density at radius 3 is 2.96 bits per heavy atom. The lowest BCUT2D eigenvalue weighted by molar-refractivity contribution is -0.128. The van der Waals surface area contributed by atoms with Gasteiger partial charge in [0.25, 0.3) is 5.89 Å². The van der Waals surface area contributed by atoms with Gasteiger partial charge in [0.1, 0.15) is 0 Å². The summed E-state index contributed by atoms with van der Waals surface area (Å²) in [5.74, 6) is 1.08. The van der Waals surface area contributed by atoms with Crippen molar-refractivity contribution in [2.75, 3.05) is 13.6 Å². The number of hydrogen-bond donors (Lipinski definition) is 1. The van der Waals surface area contributed by atoms with Gasteiger partial charge >= 0.3 is 0 Å². The quantitative estimate of drug-likeness (QED) is 0.709. The van der Waals surface area contributed by atoms with Gasteiger partial charge in [0, 0.05) is 31.8 Å². The summed E-state index contributed by atoms with van der Waals surface area (Å²) in [7, 11) is 1.70. The molecule has 0 bridgehead atoms. The Labute approximate surface area is 148 Å². The molecule has 0 aromatic carbocycles. The molecule has 10 heteroatoms. The van der Waals surface area contributed by atoms with Gasteiger partial charge in [-0.15, -0.1) is 10.2 Å². The minimum Gasteiger partial charge on any atom is -0.348 e. The molecule has 2 amide bonds. The van der Waals surface area contributed by atoms with Crippen molar-refractivity contribution in [3.05, 3.63) is 30.0 Å². The topological polar surface area (TPSA) is 119 Å². The molecule has 1 aliphatic rings. The van der Waals surface area contributed by atoms with Crippen molar-refractivity contribution in [2.24, 2.45) is 5.92 Å². The van der Waals surface area contributed by atoms with Crippen LogP contribution in [0.2, 0.25) is 0 Å². The number of nitrogens with zero attached hydrogens (tertiary/aromatic N) is 6. The maximum absolute atomic E-state index is 12.2. The van der Waals surface area contributed by atoms with Crippen molar-refractivity contribution in [1.29, 1.82) is 0 Å². The molecule has 0 aliphatic carbocycles. The van der Waals surface area contributed by atoms with E-state index in [9.17, 15) is 9.59 Å². The van der Waals surface area contributed by atoms with Gasteiger partial charge in [-0.25, -0.2) is 0 Å². The van der Waals surface area contributed by atoms with E-state index in [4.69, 9.17) is 4.52 Å². The molecule has 0 spiro atoms. The Bertz CT molecular complexity index is 993. The Balaban J connectivity index is 1.47. The third-order valence-corrected chi connectivity index (χ3v) is 4.39. The molecule has 1 N–H and O–H groups in total. The van der Waals surface area contributed by atoms with Crippen LogP contribution in [-0.2, 0) is 16.1 Å². The van der Waals surface area contributed by atoms with E-state index in [1.807, 2.05) is 6.07 Å². The van der Waals surface area contributed by atoms with Crippen LogP contribution in [-0.4, -0.2) is 55.0 Å². The number of carbonyl (C=O) groups excluding carboxylic acids is 2. The lowest BCUT2D eigenvalue weighted by atomic mass is 10.1. The lowest BCUT2D eigenvalue weighted by Crippen LogP contribution is -2.32. The minimum atomic E-state index is -0.320. The van der Waals surface area contributed by atoms with Crippen molar-refractivity contribution in [3.63, 3.8) is 0 Å². The minimum absolute atomic E-state index is 0.0122. The number of aryl methyl sites for hydroxylation is 1. The van der Waals surface area contributed by atoms with E-state index < -0.39 is 0 Å². The van der Waals surface area contributed by atoms with Crippen LogP contribution in [0, 0.1) is 12.8 Å². The van der Waals surface area contributed by atoms with Crippen LogP contribution >= 0.6 is 0 Å². The maximum Gasteiger partial charge on any atom is 0.258 e. The van der Waals surface area contributed by atoms with Crippen molar-refractivity contribution >= 4 is 17.5 Å². The van der Waals surface area contributed by atoms with Gasteiger partial charge in [0.15, 0.2) is 17.3 Å². The number of amides is 2. The molecular formula is C16H17N7O3. The zero-order valence-electron chi connectivity index (χ0n) is 14.3. The molecule has 0 saturated carbocycles. The number of nitrogens with one attached hydrogen (secondary N) is 1. The predicted octanol–water partition coefficient (Wildman–Crippen LogP) is 0.182. The summed E-state index contributed by atoms with van der Waals surface area (Å²) in [5.41, 5.74) is 1.35. The second-order valence-corrected chi connectivity index (χ2v) is 6.30. The van der Waals surface area contributed by atoms with Crippen molar-refractivity contribution in [2.45, 2.75) is 19.9 Å². The fourth-order valence-corrected chi connectivity index (χ4v) is 2.96. The highest BCUT2D eigenvalue weighted by Crippen LogP contribution is 2.19. The van der Waals surface area contributed by atoms with Crippen LogP contribution in [0.3, 0.4) is 0 Å². The Morgan fingerprint density at radius 1 is 1.42 bits per heavy atom. The first-order chi connectivity index (χ1) is 12.5. The first-order valence-electron chi connectivity index (χ1n) is 8.17. The zero-order valence-corrected chi connectivity index (χ0v) is 14.3. The number of likely N-dealkylation sites (tertiary alicyclic amines) is 1. The highest BCUT2D eigenvalue weighted by molar-refractivity contribution is 5.89. The van der Waals surface area contributed by atoms with Crippen LogP contribution in [0.5, 0.6) is 0 Å². The van der Waals surface area contributed by atoms with Gasteiger partial charge in [-0.1, -0.05) is 5.16 Å². The second-order valence-electron chi connectivity index (χ2n) is 6.30. The number of pyridine rings is 1. The summed E-state index contributed by atoms with van der Waals surface area (Å²) in [6, 6.07) is 3.61. The van der Waals surface area contributed by atoms with Crippen LogP contribution in [0.25, 0.3) is 17.1 Å². The summed E-state index contributed by atoms with van der Waals surface area (Å²) >= 11 is 0. The van der Waals surface area contributed by atoms with Gasteiger partial charge in [0.2, 0.25) is 11.8 Å². The molecule has 3 aromatic rings.